The molecule has 154 valence electrons. The Balaban J connectivity index is 1.50. The quantitative estimate of drug-likeness (QED) is 0.313. The van der Waals surface area contributed by atoms with Crippen LogP contribution in [0.2, 0.25) is 0 Å². The molecule has 7 heteroatoms. The van der Waals surface area contributed by atoms with Crippen molar-refractivity contribution in [2.75, 3.05) is 0 Å². The van der Waals surface area contributed by atoms with Gasteiger partial charge in [0, 0.05) is 27.6 Å². The van der Waals surface area contributed by atoms with Crippen molar-refractivity contribution in [3.8, 4) is 28.0 Å². The molecule has 32 heavy (non-hydrogen) atoms. The molecule has 1 saturated heterocycles. The van der Waals surface area contributed by atoms with E-state index in [4.69, 9.17) is 0 Å². The third-order valence-corrected chi connectivity index (χ3v) is 6.60. The van der Waals surface area contributed by atoms with Crippen LogP contribution in [0.25, 0.3) is 27.4 Å². The van der Waals surface area contributed by atoms with E-state index in [0.29, 0.717) is 4.91 Å². The molecular formula is C25H14N2O3S2. The molecule has 2 aromatic heterocycles. The van der Waals surface area contributed by atoms with Crippen LogP contribution >= 0.6 is 23.1 Å². The maximum atomic E-state index is 11.9. The van der Waals surface area contributed by atoms with E-state index in [2.05, 4.69) is 22.1 Å². The number of thioether (sulfide) groups is 1. The van der Waals surface area contributed by atoms with Gasteiger partial charge in [-0.25, -0.2) is 0 Å². The van der Waals surface area contributed by atoms with Crippen LogP contribution < -0.4 is 5.32 Å². The van der Waals surface area contributed by atoms with Crippen LogP contribution in [-0.4, -0.2) is 21.2 Å². The Morgan fingerprint density at radius 2 is 1.91 bits per heavy atom. The smallest absolute Gasteiger partial charge is 0.290 e. The minimum Gasteiger partial charge on any atom is -0.508 e. The van der Waals surface area contributed by atoms with Crippen molar-refractivity contribution in [2.45, 2.75) is 0 Å². The lowest BCUT2D eigenvalue weighted by Crippen LogP contribution is -2.17. The fraction of sp³-hybridized carbons (Fsp3) is 0. The first kappa shape index (κ1) is 20.1. The Morgan fingerprint density at radius 1 is 1.00 bits per heavy atom. The molecule has 1 aliphatic rings. The van der Waals surface area contributed by atoms with Crippen molar-refractivity contribution >= 4 is 51.2 Å². The number of carbonyl (C=O) groups excluding carboxylic acids is 2. The molecule has 4 aromatic rings. The number of thiophene rings is 1. The molecule has 5 rings (SSSR count). The number of phenols is 1. The molecule has 1 fully saturated rings. The van der Waals surface area contributed by atoms with Crippen LogP contribution in [0.5, 0.6) is 5.75 Å². The van der Waals surface area contributed by atoms with Gasteiger partial charge in [0.15, 0.2) is 0 Å². The van der Waals surface area contributed by atoms with Crippen LogP contribution in [0, 0.1) is 11.8 Å². The Morgan fingerprint density at radius 3 is 2.72 bits per heavy atom. The number of imide groups is 1. The first-order valence-electron chi connectivity index (χ1n) is 9.60. The summed E-state index contributed by atoms with van der Waals surface area (Å²) in [6, 6.07) is 18.6. The number of nitrogens with zero attached hydrogens (tertiary/aromatic N) is 1. The summed E-state index contributed by atoms with van der Waals surface area (Å²) in [5.41, 5.74) is 3.43. The second-order valence-corrected chi connectivity index (χ2v) is 9.05. The van der Waals surface area contributed by atoms with Gasteiger partial charge in [-0.3, -0.25) is 19.9 Å². The fourth-order valence-electron chi connectivity index (χ4n) is 3.31. The third-order valence-electron chi connectivity index (χ3n) is 4.75. The first-order valence-corrected chi connectivity index (χ1v) is 11.2. The standard InChI is InChI=1S/C25H14N2O3S2/c28-17-3-1-2-15(12-17)4-6-18-7-9-22(31-18)19-10-11-26-21-8-5-16(13-20(19)21)14-23-24(29)27-25(30)32-23/h1-3,5,7-14,28H,(H,27,29,30)/b23-14-. The first-order chi connectivity index (χ1) is 15.5. The molecule has 2 N–H and O–H groups in total. The maximum absolute atomic E-state index is 11.9. The van der Waals surface area contributed by atoms with E-state index in [1.165, 1.54) is 0 Å². The Bertz CT molecular complexity index is 1490. The lowest BCUT2D eigenvalue weighted by Gasteiger charge is -2.05. The number of amides is 2. The second-order valence-electron chi connectivity index (χ2n) is 6.95. The summed E-state index contributed by atoms with van der Waals surface area (Å²) >= 11 is 2.47. The van der Waals surface area contributed by atoms with Gasteiger partial charge in [0.2, 0.25) is 0 Å². The molecule has 0 aliphatic carbocycles. The molecule has 2 amide bonds. The van der Waals surface area contributed by atoms with Crippen molar-refractivity contribution in [3.63, 3.8) is 0 Å². The van der Waals surface area contributed by atoms with Crippen LogP contribution in [0.15, 0.2) is 71.8 Å². The summed E-state index contributed by atoms with van der Waals surface area (Å²) in [6.07, 6.45) is 3.48. The lowest BCUT2D eigenvalue weighted by atomic mass is 10.0. The van der Waals surface area contributed by atoms with Gasteiger partial charge in [-0.05, 0) is 71.9 Å². The fourth-order valence-corrected chi connectivity index (χ4v) is 4.89. The van der Waals surface area contributed by atoms with E-state index in [1.54, 1.807) is 41.8 Å². The number of rotatable bonds is 2. The predicted molar refractivity (Wildman–Crippen MR) is 128 cm³/mol. The van der Waals surface area contributed by atoms with Crippen molar-refractivity contribution < 1.29 is 14.7 Å². The van der Waals surface area contributed by atoms with E-state index >= 15 is 0 Å². The molecule has 0 saturated carbocycles. The molecule has 3 heterocycles. The molecule has 0 unspecified atom stereocenters. The normalized spacial score (nSPS) is 14.4. The Kier molecular flexibility index (Phi) is 5.23. The minimum absolute atomic E-state index is 0.190. The topological polar surface area (TPSA) is 79.3 Å². The average Bonchev–Trinajstić information content (AvgIpc) is 3.38. The van der Waals surface area contributed by atoms with Crippen molar-refractivity contribution in [1.29, 1.82) is 0 Å². The van der Waals surface area contributed by atoms with Gasteiger partial charge >= 0.3 is 0 Å². The van der Waals surface area contributed by atoms with Crippen molar-refractivity contribution in [2.24, 2.45) is 0 Å². The van der Waals surface area contributed by atoms with Gasteiger partial charge in [-0.1, -0.05) is 24.0 Å². The zero-order valence-corrected chi connectivity index (χ0v) is 18.1. The molecule has 5 nitrogen and oxygen atoms in total. The largest absolute Gasteiger partial charge is 0.508 e. The average molecular weight is 455 g/mol. The number of hydrogen-bond acceptors (Lipinski definition) is 6. The van der Waals surface area contributed by atoms with Crippen LogP contribution in [0.1, 0.15) is 16.0 Å². The molecule has 0 radical (unpaired) electrons. The summed E-state index contributed by atoms with van der Waals surface area (Å²) in [4.78, 5) is 30.1. The zero-order chi connectivity index (χ0) is 22.1. The monoisotopic (exact) mass is 454 g/mol. The van der Waals surface area contributed by atoms with E-state index in [9.17, 15) is 14.7 Å². The summed E-state index contributed by atoms with van der Waals surface area (Å²) in [6.45, 7) is 0. The summed E-state index contributed by atoms with van der Waals surface area (Å²) in [5, 5.41) is 12.4. The third kappa shape index (κ3) is 4.14. The van der Waals surface area contributed by atoms with E-state index < -0.39 is 0 Å². The van der Waals surface area contributed by atoms with Gasteiger partial charge < -0.3 is 5.11 Å². The number of aromatic nitrogens is 1. The van der Waals surface area contributed by atoms with E-state index in [1.807, 2.05) is 42.5 Å². The van der Waals surface area contributed by atoms with Crippen molar-refractivity contribution in [3.05, 3.63) is 87.8 Å². The highest BCUT2D eigenvalue weighted by atomic mass is 32.2. The molecule has 0 atom stereocenters. The maximum Gasteiger partial charge on any atom is 0.290 e. The number of pyridine rings is 1. The van der Waals surface area contributed by atoms with Crippen LogP contribution in [0.3, 0.4) is 0 Å². The SMILES string of the molecule is O=C1NC(=O)/C(=C/c2ccc3nccc(-c4ccc(C#Cc5cccc(O)c5)s4)c3c2)S1. The number of phenolic OH excluding ortho intramolecular Hbond substituents is 1. The number of hydrogen-bond donors (Lipinski definition) is 2. The van der Waals surface area contributed by atoms with Gasteiger partial charge in [0.25, 0.3) is 11.1 Å². The van der Waals surface area contributed by atoms with Crippen LogP contribution in [0.4, 0.5) is 4.79 Å². The number of benzene rings is 2. The summed E-state index contributed by atoms with van der Waals surface area (Å²) in [7, 11) is 0. The molecule has 0 bridgehead atoms. The number of fused-ring (bicyclic) bond motifs is 1. The Labute approximate surface area is 191 Å². The van der Waals surface area contributed by atoms with E-state index in [0.717, 1.165) is 49.1 Å². The number of aromatic hydroxyl groups is 1. The number of carbonyl (C=O) groups is 2. The summed E-state index contributed by atoms with van der Waals surface area (Å²) < 4.78 is 0. The Hall–Kier alpha value is -3.86. The number of nitrogens with one attached hydrogen (secondary N) is 1. The van der Waals surface area contributed by atoms with Gasteiger partial charge in [0.1, 0.15) is 5.75 Å². The minimum atomic E-state index is -0.375. The predicted octanol–water partition coefficient (Wildman–Crippen LogP) is 5.39. The lowest BCUT2D eigenvalue weighted by molar-refractivity contribution is -0.115. The molecule has 1 aliphatic heterocycles. The van der Waals surface area contributed by atoms with E-state index in [-0.39, 0.29) is 16.9 Å². The van der Waals surface area contributed by atoms with Gasteiger partial charge in [0.05, 0.1) is 15.3 Å². The van der Waals surface area contributed by atoms with Gasteiger partial charge in [-0.2, -0.15) is 0 Å². The second kappa shape index (κ2) is 8.35. The van der Waals surface area contributed by atoms with Gasteiger partial charge in [-0.15, -0.1) is 11.3 Å². The zero-order valence-electron chi connectivity index (χ0n) is 16.5. The highest BCUT2D eigenvalue weighted by Gasteiger charge is 2.25. The summed E-state index contributed by atoms with van der Waals surface area (Å²) in [5.74, 6) is 6.04. The van der Waals surface area contributed by atoms with Crippen LogP contribution in [-0.2, 0) is 4.79 Å². The molecule has 0 spiro atoms. The highest BCUT2D eigenvalue weighted by Crippen LogP contribution is 2.34. The molecule has 2 aromatic carbocycles. The highest BCUT2D eigenvalue weighted by molar-refractivity contribution is 8.18. The molecular weight excluding hydrogens is 440 g/mol. The van der Waals surface area contributed by atoms with Crippen molar-refractivity contribution in [1.82, 2.24) is 10.3 Å².